The molecular formula is C24H19N3O2S. The van der Waals surface area contributed by atoms with Crippen LogP contribution in [0.4, 0.5) is 0 Å². The lowest BCUT2D eigenvalue weighted by molar-refractivity contribution is 0.104. The summed E-state index contributed by atoms with van der Waals surface area (Å²) < 4.78 is 5.75. The quantitative estimate of drug-likeness (QED) is 0.253. The molecule has 0 fully saturated rings. The summed E-state index contributed by atoms with van der Waals surface area (Å²) in [4.78, 5) is 20.6. The number of carbonyl (C=O) groups is 1. The van der Waals surface area contributed by atoms with Gasteiger partial charge in [-0.15, -0.1) is 11.3 Å². The summed E-state index contributed by atoms with van der Waals surface area (Å²) in [5, 5.41) is 13.4. The number of aryl methyl sites for hydroxylation is 2. The number of benzene rings is 2. The lowest BCUT2D eigenvalue weighted by atomic mass is 9.99. The largest absolute Gasteiger partial charge is 0.487 e. The third-order valence-electron chi connectivity index (χ3n) is 4.73. The van der Waals surface area contributed by atoms with Crippen LogP contribution in [0.2, 0.25) is 0 Å². The van der Waals surface area contributed by atoms with Gasteiger partial charge in [-0.2, -0.15) is 5.26 Å². The van der Waals surface area contributed by atoms with Crippen molar-refractivity contribution in [3.63, 3.8) is 0 Å². The number of Topliss-reactive ketones (excluding diaryl/α,β-unsaturated/α-hetero) is 1. The number of carbonyl (C=O) groups excluding carboxylic acids is 1. The Morgan fingerprint density at radius 3 is 2.67 bits per heavy atom. The molecule has 0 atom stereocenters. The molecule has 2 heterocycles. The average molecular weight is 414 g/mol. The standard InChI is InChI=1S/C24H19N3O2S/c1-15-23(21-5-3-4-6-22(21)26-15)24(28)18(12-25)11-17-7-9-20(10-8-17)29-13-19-14-30-16(2)27-19/h3-11,14,26H,13H2,1-2H3/b18-11-. The molecule has 4 aromatic rings. The Labute approximate surface area is 178 Å². The molecule has 0 saturated heterocycles. The second-order valence-corrected chi connectivity index (χ2v) is 7.95. The smallest absolute Gasteiger partial charge is 0.205 e. The number of nitriles is 1. The van der Waals surface area contributed by atoms with Crippen LogP contribution in [0.15, 0.2) is 59.5 Å². The number of ether oxygens (including phenoxy) is 1. The summed E-state index contributed by atoms with van der Waals surface area (Å²) in [7, 11) is 0. The van der Waals surface area contributed by atoms with Gasteiger partial charge in [-0.1, -0.05) is 30.3 Å². The number of thiazole rings is 1. The van der Waals surface area contributed by atoms with Crippen LogP contribution < -0.4 is 4.74 Å². The highest BCUT2D eigenvalue weighted by atomic mass is 32.1. The summed E-state index contributed by atoms with van der Waals surface area (Å²) in [5.41, 5.74) is 3.92. The van der Waals surface area contributed by atoms with Crippen molar-refractivity contribution in [2.24, 2.45) is 0 Å². The van der Waals surface area contributed by atoms with Crippen LogP contribution in [0.5, 0.6) is 5.75 Å². The van der Waals surface area contributed by atoms with Gasteiger partial charge in [0, 0.05) is 22.0 Å². The molecule has 0 aliphatic rings. The van der Waals surface area contributed by atoms with Crippen LogP contribution in [0.3, 0.4) is 0 Å². The van der Waals surface area contributed by atoms with Crippen molar-refractivity contribution in [3.8, 4) is 11.8 Å². The third-order valence-corrected chi connectivity index (χ3v) is 5.55. The second-order valence-electron chi connectivity index (χ2n) is 6.89. The van der Waals surface area contributed by atoms with Gasteiger partial charge in [-0.05, 0) is 43.7 Å². The van der Waals surface area contributed by atoms with Crippen molar-refractivity contribution in [3.05, 3.63) is 87.0 Å². The zero-order valence-corrected chi connectivity index (χ0v) is 17.4. The van der Waals surface area contributed by atoms with E-state index in [2.05, 4.69) is 16.0 Å². The van der Waals surface area contributed by atoms with Gasteiger partial charge in [0.25, 0.3) is 0 Å². The molecule has 2 aromatic heterocycles. The minimum Gasteiger partial charge on any atom is -0.487 e. The molecule has 148 valence electrons. The molecule has 0 unspecified atom stereocenters. The van der Waals surface area contributed by atoms with E-state index >= 15 is 0 Å². The predicted octanol–water partition coefficient (Wildman–Crippen LogP) is 5.61. The van der Waals surface area contributed by atoms with E-state index in [0.717, 1.165) is 32.9 Å². The Hall–Kier alpha value is -3.69. The van der Waals surface area contributed by atoms with E-state index in [9.17, 15) is 10.1 Å². The normalized spacial score (nSPS) is 11.4. The van der Waals surface area contributed by atoms with Crippen molar-refractivity contribution in [1.82, 2.24) is 9.97 Å². The summed E-state index contributed by atoms with van der Waals surface area (Å²) in [5.74, 6) is 0.418. The van der Waals surface area contributed by atoms with Crippen LogP contribution >= 0.6 is 11.3 Å². The van der Waals surface area contributed by atoms with Gasteiger partial charge in [0.05, 0.1) is 16.3 Å². The first-order valence-corrected chi connectivity index (χ1v) is 10.3. The number of hydrogen-bond donors (Lipinski definition) is 1. The molecule has 30 heavy (non-hydrogen) atoms. The van der Waals surface area contributed by atoms with E-state index in [0.29, 0.717) is 17.9 Å². The number of nitrogens with one attached hydrogen (secondary N) is 1. The molecule has 4 rings (SSSR count). The minimum atomic E-state index is -0.285. The van der Waals surface area contributed by atoms with Crippen molar-refractivity contribution in [1.29, 1.82) is 5.26 Å². The Kier molecular flexibility index (Phi) is 5.46. The van der Waals surface area contributed by atoms with Gasteiger partial charge < -0.3 is 9.72 Å². The highest BCUT2D eigenvalue weighted by molar-refractivity contribution is 7.09. The fourth-order valence-electron chi connectivity index (χ4n) is 3.31. The maximum absolute atomic E-state index is 13.1. The van der Waals surface area contributed by atoms with Crippen molar-refractivity contribution in [2.75, 3.05) is 0 Å². The monoisotopic (exact) mass is 413 g/mol. The van der Waals surface area contributed by atoms with Crippen molar-refractivity contribution < 1.29 is 9.53 Å². The average Bonchev–Trinajstić information content (AvgIpc) is 3.32. The molecule has 6 heteroatoms. The molecule has 0 aliphatic heterocycles. The maximum atomic E-state index is 13.1. The van der Waals surface area contributed by atoms with Gasteiger partial charge in [0.1, 0.15) is 24.0 Å². The Morgan fingerprint density at radius 2 is 1.97 bits per heavy atom. The summed E-state index contributed by atoms with van der Waals surface area (Å²) >= 11 is 1.59. The number of hydrogen-bond acceptors (Lipinski definition) is 5. The van der Waals surface area contributed by atoms with Crippen LogP contribution in [0, 0.1) is 25.2 Å². The molecule has 0 amide bonds. The SMILES string of the molecule is Cc1nc(COc2ccc(/C=C(/C#N)C(=O)c3c(C)[nH]c4ccccc34)cc2)cs1. The number of rotatable bonds is 6. The Balaban J connectivity index is 1.54. The number of H-pyrrole nitrogens is 1. The molecule has 0 radical (unpaired) electrons. The van der Waals surface area contributed by atoms with E-state index in [1.807, 2.05) is 67.8 Å². The van der Waals surface area contributed by atoms with E-state index in [1.165, 1.54) is 0 Å². The van der Waals surface area contributed by atoms with Crippen LogP contribution in [0.25, 0.3) is 17.0 Å². The van der Waals surface area contributed by atoms with E-state index in [-0.39, 0.29) is 11.4 Å². The highest BCUT2D eigenvalue weighted by Crippen LogP contribution is 2.25. The fourth-order valence-corrected chi connectivity index (χ4v) is 3.91. The topological polar surface area (TPSA) is 78.8 Å². The first-order valence-electron chi connectivity index (χ1n) is 9.43. The number of para-hydroxylation sites is 1. The number of nitrogens with zero attached hydrogens (tertiary/aromatic N) is 2. The lowest BCUT2D eigenvalue weighted by Crippen LogP contribution is -2.03. The first kappa shape index (κ1) is 19.6. The first-order chi connectivity index (χ1) is 14.5. The molecule has 5 nitrogen and oxygen atoms in total. The molecule has 2 aromatic carbocycles. The van der Waals surface area contributed by atoms with E-state index in [1.54, 1.807) is 17.4 Å². The number of allylic oxidation sites excluding steroid dienone is 1. The fraction of sp³-hybridized carbons (Fsp3) is 0.125. The number of aromatic nitrogens is 2. The summed E-state index contributed by atoms with van der Waals surface area (Å²) in [6.45, 7) is 4.21. The maximum Gasteiger partial charge on any atom is 0.205 e. The molecular weight excluding hydrogens is 394 g/mol. The lowest BCUT2D eigenvalue weighted by Gasteiger charge is -2.05. The van der Waals surface area contributed by atoms with Crippen molar-refractivity contribution in [2.45, 2.75) is 20.5 Å². The van der Waals surface area contributed by atoms with Crippen LogP contribution in [0.1, 0.15) is 32.3 Å². The number of aromatic amines is 1. The zero-order valence-electron chi connectivity index (χ0n) is 16.6. The summed E-state index contributed by atoms with van der Waals surface area (Å²) in [6, 6.07) is 16.9. The molecule has 0 bridgehead atoms. The third kappa shape index (κ3) is 4.02. The molecule has 1 N–H and O–H groups in total. The van der Waals surface area contributed by atoms with Crippen molar-refractivity contribution >= 4 is 34.1 Å². The van der Waals surface area contributed by atoms with Gasteiger partial charge in [0.2, 0.25) is 5.78 Å². The van der Waals surface area contributed by atoms with Crippen LogP contribution in [-0.4, -0.2) is 15.8 Å². The van der Waals surface area contributed by atoms with E-state index < -0.39 is 0 Å². The number of fused-ring (bicyclic) bond motifs is 1. The molecule has 0 spiro atoms. The summed E-state index contributed by atoms with van der Waals surface area (Å²) in [6.07, 6.45) is 1.61. The predicted molar refractivity (Wildman–Crippen MR) is 119 cm³/mol. The van der Waals surface area contributed by atoms with Gasteiger partial charge in [0.15, 0.2) is 0 Å². The molecule has 0 saturated carbocycles. The number of ketones is 1. The van der Waals surface area contributed by atoms with Crippen LogP contribution in [-0.2, 0) is 6.61 Å². The Bertz CT molecular complexity index is 1290. The van der Waals surface area contributed by atoms with Gasteiger partial charge in [-0.25, -0.2) is 4.98 Å². The zero-order chi connectivity index (χ0) is 21.1. The van der Waals surface area contributed by atoms with E-state index in [4.69, 9.17) is 4.74 Å². The minimum absolute atomic E-state index is 0.0921. The highest BCUT2D eigenvalue weighted by Gasteiger charge is 2.19. The van der Waals surface area contributed by atoms with Gasteiger partial charge >= 0.3 is 0 Å². The molecule has 0 aliphatic carbocycles. The van der Waals surface area contributed by atoms with Gasteiger partial charge in [-0.3, -0.25) is 4.79 Å². The Morgan fingerprint density at radius 1 is 1.20 bits per heavy atom. The second kappa shape index (κ2) is 8.36.